The third-order valence-electron chi connectivity index (χ3n) is 3.49. The number of fused-ring (bicyclic) bond motifs is 5. The molecule has 0 unspecified atom stereocenters. The van der Waals surface area contributed by atoms with Crippen molar-refractivity contribution in [1.82, 2.24) is 0 Å². The van der Waals surface area contributed by atoms with Gasteiger partial charge in [0.2, 0.25) is 0 Å². The van der Waals surface area contributed by atoms with Gasteiger partial charge in [0.1, 0.15) is 0 Å². The van der Waals surface area contributed by atoms with E-state index in [1.807, 2.05) is 18.2 Å². The van der Waals surface area contributed by atoms with Gasteiger partial charge in [0, 0.05) is 17.8 Å². The number of oxime groups is 2. The van der Waals surface area contributed by atoms with Crippen LogP contribution in [0.1, 0.15) is 0 Å². The molecule has 0 amide bonds. The molecule has 3 rings (SSSR count). The molecule has 2 N–H and O–H groups in total. The van der Waals surface area contributed by atoms with Crippen LogP contribution in [0.25, 0.3) is 0 Å². The first kappa shape index (κ1) is 7.79. The molecule has 1 fully saturated rings. The highest BCUT2D eigenvalue weighted by Crippen LogP contribution is 2.49. The number of allylic oxidation sites excluding steroid dienone is 4. The SMILES string of the molecule is ON=C1[C@H]2C=C[C@@H]1[C@@H]1C=C/C(=N\O)[C@@H]12. The summed E-state index contributed by atoms with van der Waals surface area (Å²) >= 11 is 0. The highest BCUT2D eigenvalue weighted by Gasteiger charge is 2.52. The first-order valence-corrected chi connectivity index (χ1v) is 4.67. The molecule has 3 aliphatic carbocycles. The summed E-state index contributed by atoms with van der Waals surface area (Å²) in [6.07, 6.45) is 8.01. The minimum absolute atomic E-state index is 0.121. The minimum Gasteiger partial charge on any atom is -0.411 e. The van der Waals surface area contributed by atoms with Gasteiger partial charge in [-0.1, -0.05) is 28.5 Å². The minimum atomic E-state index is 0.121. The Morgan fingerprint density at radius 2 is 1.79 bits per heavy atom. The quantitative estimate of drug-likeness (QED) is 0.343. The second-order valence-electron chi connectivity index (χ2n) is 3.95. The molecule has 0 aromatic rings. The molecular formula is C10H10N2O2. The molecule has 72 valence electrons. The monoisotopic (exact) mass is 190 g/mol. The van der Waals surface area contributed by atoms with Crippen molar-refractivity contribution in [2.45, 2.75) is 0 Å². The van der Waals surface area contributed by atoms with E-state index in [9.17, 15) is 0 Å². The van der Waals surface area contributed by atoms with Gasteiger partial charge < -0.3 is 10.4 Å². The van der Waals surface area contributed by atoms with Gasteiger partial charge >= 0.3 is 0 Å². The fourth-order valence-electron chi connectivity index (χ4n) is 2.93. The van der Waals surface area contributed by atoms with Gasteiger partial charge in [0.15, 0.2) is 0 Å². The molecule has 1 saturated carbocycles. The van der Waals surface area contributed by atoms with Crippen LogP contribution in [0.4, 0.5) is 0 Å². The van der Waals surface area contributed by atoms with Gasteiger partial charge in [0.25, 0.3) is 0 Å². The van der Waals surface area contributed by atoms with Gasteiger partial charge in [-0.15, -0.1) is 0 Å². The van der Waals surface area contributed by atoms with Crippen molar-refractivity contribution in [3.05, 3.63) is 24.3 Å². The molecule has 3 aliphatic rings. The Kier molecular flexibility index (Phi) is 1.37. The topological polar surface area (TPSA) is 65.2 Å². The summed E-state index contributed by atoms with van der Waals surface area (Å²) in [4.78, 5) is 0. The van der Waals surface area contributed by atoms with E-state index in [1.54, 1.807) is 0 Å². The van der Waals surface area contributed by atoms with Crippen molar-refractivity contribution in [2.24, 2.45) is 34.0 Å². The molecule has 0 spiro atoms. The Labute approximate surface area is 80.9 Å². The lowest BCUT2D eigenvalue weighted by Crippen LogP contribution is -2.20. The molecule has 0 aliphatic heterocycles. The van der Waals surface area contributed by atoms with Gasteiger partial charge in [0.05, 0.1) is 11.4 Å². The zero-order chi connectivity index (χ0) is 9.71. The first-order chi connectivity index (χ1) is 6.86. The maximum Gasteiger partial charge on any atom is 0.0839 e. The average molecular weight is 190 g/mol. The van der Waals surface area contributed by atoms with Crippen molar-refractivity contribution >= 4 is 11.4 Å². The van der Waals surface area contributed by atoms with Crippen LogP contribution in [-0.4, -0.2) is 21.8 Å². The lowest BCUT2D eigenvalue weighted by Gasteiger charge is -2.17. The summed E-state index contributed by atoms with van der Waals surface area (Å²) in [6, 6.07) is 0. The van der Waals surface area contributed by atoms with Crippen LogP contribution in [0.2, 0.25) is 0 Å². The van der Waals surface area contributed by atoms with E-state index in [0.717, 1.165) is 5.71 Å². The Balaban J connectivity index is 2.08. The van der Waals surface area contributed by atoms with Crippen LogP contribution < -0.4 is 0 Å². The maximum absolute atomic E-state index is 8.88. The lowest BCUT2D eigenvalue weighted by atomic mass is 9.85. The van der Waals surface area contributed by atoms with Crippen LogP contribution in [0.15, 0.2) is 34.6 Å². The molecule has 4 atom stereocenters. The van der Waals surface area contributed by atoms with Gasteiger partial charge in [-0.3, -0.25) is 0 Å². The average Bonchev–Trinajstić information content (AvgIpc) is 2.87. The zero-order valence-electron chi connectivity index (χ0n) is 7.41. The Hall–Kier alpha value is -1.58. The molecule has 4 heteroatoms. The summed E-state index contributed by atoms with van der Waals surface area (Å²) in [5.41, 5.74) is 1.51. The molecule has 0 aromatic heterocycles. The molecule has 0 radical (unpaired) electrons. The van der Waals surface area contributed by atoms with Crippen LogP contribution >= 0.6 is 0 Å². The summed E-state index contributed by atoms with van der Waals surface area (Å²) < 4.78 is 0. The second kappa shape index (κ2) is 2.47. The van der Waals surface area contributed by atoms with Crippen molar-refractivity contribution in [3.8, 4) is 0 Å². The van der Waals surface area contributed by atoms with E-state index in [4.69, 9.17) is 10.4 Å². The molecule has 2 bridgehead atoms. The maximum atomic E-state index is 8.88. The van der Waals surface area contributed by atoms with E-state index in [-0.39, 0.29) is 17.8 Å². The number of hydrogen-bond acceptors (Lipinski definition) is 4. The normalized spacial score (nSPS) is 48.3. The number of rotatable bonds is 0. The van der Waals surface area contributed by atoms with Gasteiger partial charge in [-0.25, -0.2) is 0 Å². The van der Waals surface area contributed by atoms with Crippen molar-refractivity contribution in [2.75, 3.05) is 0 Å². The van der Waals surface area contributed by atoms with E-state index >= 15 is 0 Å². The largest absolute Gasteiger partial charge is 0.411 e. The van der Waals surface area contributed by atoms with Crippen LogP contribution in [0.5, 0.6) is 0 Å². The predicted octanol–water partition coefficient (Wildman–Crippen LogP) is 1.26. The summed E-state index contributed by atoms with van der Waals surface area (Å²) in [5, 5.41) is 24.3. The van der Waals surface area contributed by atoms with E-state index in [1.165, 1.54) is 0 Å². The highest BCUT2D eigenvalue weighted by molar-refractivity contribution is 6.09. The Morgan fingerprint density at radius 1 is 1.00 bits per heavy atom. The summed E-state index contributed by atoms with van der Waals surface area (Å²) in [5.74, 6) is 0.823. The van der Waals surface area contributed by atoms with Crippen LogP contribution in [0.3, 0.4) is 0 Å². The predicted molar refractivity (Wildman–Crippen MR) is 50.7 cm³/mol. The van der Waals surface area contributed by atoms with Crippen LogP contribution in [0, 0.1) is 23.7 Å². The van der Waals surface area contributed by atoms with E-state index in [0.29, 0.717) is 11.6 Å². The smallest absolute Gasteiger partial charge is 0.0839 e. The summed E-state index contributed by atoms with van der Waals surface area (Å²) in [6.45, 7) is 0. The summed E-state index contributed by atoms with van der Waals surface area (Å²) in [7, 11) is 0. The fraction of sp³-hybridized carbons (Fsp3) is 0.400. The van der Waals surface area contributed by atoms with Crippen LogP contribution in [-0.2, 0) is 0 Å². The number of hydrogen-bond donors (Lipinski definition) is 2. The third kappa shape index (κ3) is 0.697. The van der Waals surface area contributed by atoms with Crippen molar-refractivity contribution in [3.63, 3.8) is 0 Å². The molecule has 14 heavy (non-hydrogen) atoms. The highest BCUT2D eigenvalue weighted by atomic mass is 16.4. The van der Waals surface area contributed by atoms with Gasteiger partial charge in [-0.05, 0) is 12.0 Å². The van der Waals surface area contributed by atoms with Crippen molar-refractivity contribution in [1.29, 1.82) is 0 Å². The van der Waals surface area contributed by atoms with E-state index < -0.39 is 0 Å². The second-order valence-corrected chi connectivity index (χ2v) is 3.95. The first-order valence-electron chi connectivity index (χ1n) is 4.67. The molecule has 4 nitrogen and oxygen atoms in total. The molecule has 0 aromatic carbocycles. The van der Waals surface area contributed by atoms with E-state index in [2.05, 4.69) is 16.4 Å². The fourth-order valence-corrected chi connectivity index (χ4v) is 2.93. The van der Waals surface area contributed by atoms with Crippen molar-refractivity contribution < 1.29 is 10.4 Å². The number of nitrogens with zero attached hydrogens (tertiary/aromatic N) is 2. The Bertz CT molecular complexity index is 395. The molecular weight excluding hydrogens is 180 g/mol. The Morgan fingerprint density at radius 3 is 2.50 bits per heavy atom. The zero-order valence-corrected chi connectivity index (χ0v) is 7.41. The third-order valence-corrected chi connectivity index (χ3v) is 3.49. The van der Waals surface area contributed by atoms with Gasteiger partial charge in [-0.2, -0.15) is 0 Å². The lowest BCUT2D eigenvalue weighted by molar-refractivity contribution is 0.312. The standard InChI is InChI=1S/C10H10N2O2/c13-11-8-4-3-5-6-1-2-7(9(5)8)10(6)12-14/h1-7,9,13-14H/b11-8+,12-10?/t5-,6+,7-,9-/m0/s1. The molecule has 0 saturated heterocycles. The molecule has 0 heterocycles.